The quantitative estimate of drug-likeness (QED) is 0.462. The number of anilines is 1. The molecule has 30 heavy (non-hydrogen) atoms. The van der Waals surface area contributed by atoms with Crippen molar-refractivity contribution in [3.8, 4) is 17.1 Å². The molecule has 1 amide bonds. The van der Waals surface area contributed by atoms with Crippen LogP contribution in [-0.4, -0.2) is 26.5 Å². The Labute approximate surface area is 178 Å². The number of amides is 1. The summed E-state index contributed by atoms with van der Waals surface area (Å²) >= 11 is 6.00. The first-order valence-electron chi connectivity index (χ1n) is 9.22. The highest BCUT2D eigenvalue weighted by atomic mass is 35.5. The summed E-state index contributed by atoms with van der Waals surface area (Å²) in [6.07, 6.45) is 0. The first-order valence-corrected chi connectivity index (χ1v) is 9.60. The molecule has 1 N–H and O–H groups in total. The van der Waals surface area contributed by atoms with Crippen molar-refractivity contribution in [1.29, 1.82) is 0 Å². The minimum Gasteiger partial charge on any atom is -0.319 e. The van der Waals surface area contributed by atoms with Crippen molar-refractivity contribution in [3.63, 3.8) is 0 Å². The maximum atomic E-state index is 12.8. The predicted octanol–water partition coefficient (Wildman–Crippen LogP) is 5.04. The van der Waals surface area contributed by atoms with Crippen molar-refractivity contribution in [2.45, 2.75) is 6.92 Å². The van der Waals surface area contributed by atoms with Gasteiger partial charge in [0.15, 0.2) is 11.6 Å². The lowest BCUT2D eigenvalue weighted by Crippen LogP contribution is -2.14. The first kappa shape index (κ1) is 19.5. The van der Waals surface area contributed by atoms with Gasteiger partial charge in [-0.05, 0) is 55.5 Å². The highest BCUT2D eigenvalue weighted by Crippen LogP contribution is 2.22. The van der Waals surface area contributed by atoms with E-state index in [9.17, 15) is 9.59 Å². The maximum absolute atomic E-state index is 12.8. The van der Waals surface area contributed by atoms with Gasteiger partial charge >= 0.3 is 0 Å². The smallest absolute Gasteiger partial charge is 0.295 e. The number of benzene rings is 3. The van der Waals surface area contributed by atoms with Crippen LogP contribution in [0.5, 0.6) is 0 Å². The molecule has 148 valence electrons. The molecule has 0 fully saturated rings. The van der Waals surface area contributed by atoms with Gasteiger partial charge < -0.3 is 5.32 Å². The molecule has 1 aromatic heterocycles. The molecule has 4 aromatic rings. The molecular formula is C23H17ClN4O2. The summed E-state index contributed by atoms with van der Waals surface area (Å²) in [7, 11) is 0. The third kappa shape index (κ3) is 4.14. The van der Waals surface area contributed by atoms with Crippen LogP contribution in [0.2, 0.25) is 5.02 Å². The maximum Gasteiger partial charge on any atom is 0.295 e. The van der Waals surface area contributed by atoms with E-state index in [4.69, 9.17) is 11.6 Å². The molecule has 0 spiro atoms. The zero-order valence-corrected chi connectivity index (χ0v) is 16.8. The van der Waals surface area contributed by atoms with Crippen LogP contribution in [0.25, 0.3) is 17.1 Å². The van der Waals surface area contributed by atoms with Gasteiger partial charge in [-0.15, -0.1) is 5.10 Å². The van der Waals surface area contributed by atoms with E-state index in [0.29, 0.717) is 22.1 Å². The van der Waals surface area contributed by atoms with Crippen LogP contribution in [0.3, 0.4) is 0 Å². The van der Waals surface area contributed by atoms with Gasteiger partial charge in [0.2, 0.25) is 5.82 Å². The van der Waals surface area contributed by atoms with Crippen LogP contribution in [0.1, 0.15) is 27.9 Å². The normalized spacial score (nSPS) is 10.6. The summed E-state index contributed by atoms with van der Waals surface area (Å²) in [5, 5.41) is 7.80. The molecule has 0 saturated heterocycles. The SMILES string of the molecule is CC(=O)c1ccc(NC(=O)c2nc(-c3ccccc3)n(-c3ccc(Cl)cc3)n2)cc1. The molecule has 7 heteroatoms. The Morgan fingerprint density at radius 2 is 1.57 bits per heavy atom. The van der Waals surface area contributed by atoms with Gasteiger partial charge in [-0.25, -0.2) is 9.67 Å². The molecule has 0 bridgehead atoms. The monoisotopic (exact) mass is 416 g/mol. The van der Waals surface area contributed by atoms with Crippen LogP contribution >= 0.6 is 11.6 Å². The number of nitrogens with zero attached hydrogens (tertiary/aromatic N) is 3. The van der Waals surface area contributed by atoms with E-state index in [1.807, 2.05) is 42.5 Å². The van der Waals surface area contributed by atoms with Gasteiger partial charge in [-0.2, -0.15) is 0 Å². The second-order valence-corrected chi connectivity index (χ2v) is 7.04. The number of nitrogens with one attached hydrogen (secondary N) is 1. The molecule has 0 aliphatic heterocycles. The Hall–Kier alpha value is -3.77. The standard InChI is InChI=1S/C23H17ClN4O2/c1-15(29)16-7-11-19(12-8-16)25-23(30)21-26-22(17-5-3-2-4-6-17)28(27-21)20-13-9-18(24)10-14-20/h2-14H,1H3,(H,25,30). The third-order valence-electron chi connectivity index (χ3n) is 4.46. The zero-order valence-electron chi connectivity index (χ0n) is 16.0. The molecule has 0 atom stereocenters. The van der Waals surface area contributed by atoms with E-state index in [1.54, 1.807) is 41.1 Å². The predicted molar refractivity (Wildman–Crippen MR) is 116 cm³/mol. The Bertz CT molecular complexity index is 1200. The van der Waals surface area contributed by atoms with E-state index < -0.39 is 5.91 Å². The van der Waals surface area contributed by atoms with Crippen LogP contribution in [0.15, 0.2) is 78.9 Å². The lowest BCUT2D eigenvalue weighted by Gasteiger charge is -2.05. The number of Topliss-reactive ketones (excluding diaryl/α,β-unsaturated/α-hetero) is 1. The molecular weight excluding hydrogens is 400 g/mol. The molecule has 0 aliphatic carbocycles. The lowest BCUT2D eigenvalue weighted by atomic mass is 10.1. The van der Waals surface area contributed by atoms with Gasteiger partial charge in [-0.1, -0.05) is 41.9 Å². The summed E-state index contributed by atoms with van der Waals surface area (Å²) in [4.78, 5) is 28.7. The highest BCUT2D eigenvalue weighted by molar-refractivity contribution is 6.30. The Morgan fingerprint density at radius 1 is 0.900 bits per heavy atom. The summed E-state index contributed by atoms with van der Waals surface area (Å²) in [5.41, 5.74) is 2.68. The average Bonchev–Trinajstić information content (AvgIpc) is 3.21. The fraction of sp³-hybridized carbons (Fsp3) is 0.0435. The van der Waals surface area contributed by atoms with E-state index >= 15 is 0 Å². The van der Waals surface area contributed by atoms with Gasteiger partial charge in [-0.3, -0.25) is 9.59 Å². The lowest BCUT2D eigenvalue weighted by molar-refractivity contribution is 0.101. The fourth-order valence-corrected chi connectivity index (χ4v) is 3.05. The van der Waals surface area contributed by atoms with E-state index in [1.165, 1.54) is 6.92 Å². The van der Waals surface area contributed by atoms with E-state index in [2.05, 4.69) is 15.4 Å². The van der Waals surface area contributed by atoms with Crippen LogP contribution in [-0.2, 0) is 0 Å². The topological polar surface area (TPSA) is 76.9 Å². The summed E-state index contributed by atoms with van der Waals surface area (Å²) < 4.78 is 1.61. The van der Waals surface area contributed by atoms with Gasteiger partial charge in [0.05, 0.1) is 5.69 Å². The number of hydrogen-bond acceptors (Lipinski definition) is 4. The third-order valence-corrected chi connectivity index (χ3v) is 4.71. The highest BCUT2D eigenvalue weighted by Gasteiger charge is 2.19. The average molecular weight is 417 g/mol. The number of halogens is 1. The number of rotatable bonds is 5. The largest absolute Gasteiger partial charge is 0.319 e. The summed E-state index contributed by atoms with van der Waals surface area (Å²) in [6, 6.07) is 23.3. The molecule has 0 radical (unpaired) electrons. The van der Waals surface area contributed by atoms with Crippen molar-refractivity contribution < 1.29 is 9.59 Å². The van der Waals surface area contributed by atoms with Crippen molar-refractivity contribution in [2.75, 3.05) is 5.32 Å². The van der Waals surface area contributed by atoms with Crippen molar-refractivity contribution >= 4 is 29.0 Å². The minimum absolute atomic E-state index is 0.0273. The molecule has 4 rings (SSSR count). The van der Waals surface area contributed by atoms with Gasteiger partial charge in [0.1, 0.15) is 0 Å². The zero-order chi connectivity index (χ0) is 21.1. The minimum atomic E-state index is -0.449. The second-order valence-electron chi connectivity index (χ2n) is 6.60. The van der Waals surface area contributed by atoms with Crippen molar-refractivity contribution in [3.05, 3.63) is 95.3 Å². The fourth-order valence-electron chi connectivity index (χ4n) is 2.92. The number of hydrogen-bond donors (Lipinski definition) is 1. The van der Waals surface area contributed by atoms with Gasteiger partial charge in [0.25, 0.3) is 5.91 Å². The van der Waals surface area contributed by atoms with Crippen LogP contribution in [0, 0.1) is 0 Å². The number of carbonyl (C=O) groups is 2. The molecule has 1 heterocycles. The summed E-state index contributed by atoms with van der Waals surface area (Å²) in [5.74, 6) is 0.0775. The van der Waals surface area contributed by atoms with Gasteiger partial charge in [0, 0.05) is 21.8 Å². The number of aromatic nitrogens is 3. The van der Waals surface area contributed by atoms with Crippen LogP contribution in [0.4, 0.5) is 5.69 Å². The van der Waals surface area contributed by atoms with E-state index in [-0.39, 0.29) is 11.6 Å². The first-order chi connectivity index (χ1) is 14.5. The second kappa shape index (κ2) is 8.31. The van der Waals surface area contributed by atoms with Crippen molar-refractivity contribution in [2.24, 2.45) is 0 Å². The van der Waals surface area contributed by atoms with E-state index in [0.717, 1.165) is 11.3 Å². The Balaban J connectivity index is 1.69. The molecule has 0 unspecified atom stereocenters. The molecule has 6 nitrogen and oxygen atoms in total. The van der Waals surface area contributed by atoms with Crippen LogP contribution < -0.4 is 5.32 Å². The summed E-state index contributed by atoms with van der Waals surface area (Å²) in [6.45, 7) is 1.49. The number of carbonyl (C=O) groups excluding carboxylic acids is 2. The molecule has 0 aliphatic rings. The van der Waals surface area contributed by atoms with Crippen molar-refractivity contribution in [1.82, 2.24) is 14.8 Å². The molecule has 0 saturated carbocycles. The Morgan fingerprint density at radius 3 is 2.20 bits per heavy atom. The number of ketones is 1. The Kier molecular flexibility index (Phi) is 5.41. The molecule has 3 aromatic carbocycles.